The van der Waals surface area contributed by atoms with Crippen LogP contribution >= 0.6 is 0 Å². The molecule has 4 aromatic rings. The minimum Gasteiger partial charge on any atom is -0.486 e. The number of nitrogens with one attached hydrogen (secondary N) is 1. The first kappa shape index (κ1) is 26.5. The van der Waals surface area contributed by atoms with Crippen molar-refractivity contribution in [1.82, 2.24) is 15.3 Å². The Morgan fingerprint density at radius 1 is 0.868 bits per heavy atom. The Hall–Kier alpha value is -4.52. The second-order valence-corrected chi connectivity index (χ2v) is 10.1. The van der Waals surface area contributed by atoms with E-state index in [1.807, 2.05) is 66.7 Å². The summed E-state index contributed by atoms with van der Waals surface area (Å²) < 4.78 is 5.74. The Bertz CT molecular complexity index is 1360. The molecule has 1 heterocycles. The third kappa shape index (κ3) is 7.03. The van der Waals surface area contributed by atoms with E-state index in [9.17, 15) is 14.7 Å². The first-order valence-electron chi connectivity index (χ1n) is 12.4. The van der Waals surface area contributed by atoms with E-state index < -0.39 is 17.9 Å². The maximum atomic E-state index is 12.7. The van der Waals surface area contributed by atoms with Gasteiger partial charge in [-0.2, -0.15) is 0 Å². The monoisotopic (exact) mass is 509 g/mol. The first-order chi connectivity index (χ1) is 18.2. The summed E-state index contributed by atoms with van der Waals surface area (Å²) in [7, 11) is 0. The molecule has 7 heteroatoms. The molecule has 194 valence electrons. The van der Waals surface area contributed by atoms with Crippen LogP contribution in [0.4, 0.5) is 0 Å². The SMILES string of the molecule is CC(C)(C)c1ccc(C(=O)NC(Cc2ccc(-c3ncc(OCc4ccccc4)cn3)cc2)C(=O)O)cc1. The van der Waals surface area contributed by atoms with Gasteiger partial charge in [0.05, 0.1) is 12.4 Å². The molecule has 0 saturated carbocycles. The lowest BCUT2D eigenvalue weighted by Crippen LogP contribution is -2.42. The minimum absolute atomic E-state index is 0.0337. The molecule has 0 fully saturated rings. The van der Waals surface area contributed by atoms with Crippen LogP contribution in [0.25, 0.3) is 11.4 Å². The molecule has 0 spiro atoms. The highest BCUT2D eigenvalue weighted by Gasteiger charge is 2.22. The van der Waals surface area contributed by atoms with E-state index >= 15 is 0 Å². The molecule has 0 aliphatic rings. The molecule has 0 saturated heterocycles. The van der Waals surface area contributed by atoms with E-state index in [0.717, 1.165) is 22.3 Å². The highest BCUT2D eigenvalue weighted by molar-refractivity contribution is 5.96. The van der Waals surface area contributed by atoms with Crippen molar-refractivity contribution in [3.05, 3.63) is 114 Å². The first-order valence-corrected chi connectivity index (χ1v) is 12.4. The summed E-state index contributed by atoms with van der Waals surface area (Å²) in [6.45, 7) is 6.71. The quantitative estimate of drug-likeness (QED) is 0.311. The van der Waals surface area contributed by atoms with Crippen LogP contribution in [0.15, 0.2) is 91.3 Å². The van der Waals surface area contributed by atoms with Crippen molar-refractivity contribution in [3.8, 4) is 17.1 Å². The topological polar surface area (TPSA) is 101 Å². The number of carboxylic acid groups (broad SMARTS) is 1. The summed E-state index contributed by atoms with van der Waals surface area (Å²) in [6, 6.07) is 23.3. The van der Waals surface area contributed by atoms with E-state index in [1.165, 1.54) is 0 Å². The van der Waals surface area contributed by atoms with Crippen LogP contribution in [0, 0.1) is 0 Å². The van der Waals surface area contributed by atoms with Gasteiger partial charge in [-0.15, -0.1) is 0 Å². The number of carbonyl (C=O) groups excluding carboxylic acids is 1. The zero-order chi connectivity index (χ0) is 27.1. The van der Waals surface area contributed by atoms with Crippen molar-refractivity contribution in [2.45, 2.75) is 45.3 Å². The number of amides is 1. The van der Waals surface area contributed by atoms with Crippen molar-refractivity contribution in [3.63, 3.8) is 0 Å². The Kier molecular flexibility index (Phi) is 8.16. The Labute approximate surface area is 222 Å². The fourth-order valence-electron chi connectivity index (χ4n) is 3.87. The van der Waals surface area contributed by atoms with Crippen LogP contribution in [-0.4, -0.2) is 33.0 Å². The Morgan fingerprint density at radius 2 is 1.50 bits per heavy atom. The lowest BCUT2D eigenvalue weighted by Gasteiger charge is -2.19. The number of hydrogen-bond donors (Lipinski definition) is 2. The molecule has 0 bridgehead atoms. The van der Waals surface area contributed by atoms with Crippen molar-refractivity contribution in [2.24, 2.45) is 0 Å². The fraction of sp³-hybridized carbons (Fsp3) is 0.226. The number of ether oxygens (including phenoxy) is 1. The maximum Gasteiger partial charge on any atom is 0.326 e. The summed E-state index contributed by atoms with van der Waals surface area (Å²) >= 11 is 0. The average molecular weight is 510 g/mol. The maximum absolute atomic E-state index is 12.7. The van der Waals surface area contributed by atoms with Crippen LogP contribution in [0.1, 0.15) is 47.8 Å². The van der Waals surface area contributed by atoms with Gasteiger partial charge >= 0.3 is 5.97 Å². The molecule has 7 nitrogen and oxygen atoms in total. The molecule has 0 aliphatic carbocycles. The summed E-state index contributed by atoms with van der Waals surface area (Å²) in [6.07, 6.45) is 3.40. The fourth-order valence-corrected chi connectivity index (χ4v) is 3.87. The summed E-state index contributed by atoms with van der Waals surface area (Å²) in [4.78, 5) is 33.4. The number of nitrogens with zero attached hydrogens (tertiary/aromatic N) is 2. The number of aliphatic carboxylic acids is 1. The Morgan fingerprint density at radius 3 is 2.08 bits per heavy atom. The highest BCUT2D eigenvalue weighted by atomic mass is 16.5. The number of carbonyl (C=O) groups is 2. The van der Waals surface area contributed by atoms with Crippen molar-refractivity contribution >= 4 is 11.9 Å². The number of carboxylic acids is 1. The van der Waals surface area contributed by atoms with Gasteiger partial charge in [0.15, 0.2) is 11.6 Å². The lowest BCUT2D eigenvalue weighted by atomic mass is 9.86. The molecule has 1 unspecified atom stereocenters. The highest BCUT2D eigenvalue weighted by Crippen LogP contribution is 2.22. The van der Waals surface area contributed by atoms with Gasteiger partial charge in [-0.05, 0) is 34.2 Å². The average Bonchev–Trinajstić information content (AvgIpc) is 2.92. The molecule has 1 amide bonds. The second-order valence-electron chi connectivity index (χ2n) is 10.1. The van der Waals surface area contributed by atoms with Crippen LogP contribution in [-0.2, 0) is 23.2 Å². The molecule has 1 atom stereocenters. The molecule has 4 rings (SSSR count). The predicted molar refractivity (Wildman–Crippen MR) is 146 cm³/mol. The van der Waals surface area contributed by atoms with Gasteiger partial charge in [-0.1, -0.05) is 87.5 Å². The number of benzene rings is 3. The Balaban J connectivity index is 1.36. The lowest BCUT2D eigenvalue weighted by molar-refractivity contribution is -0.139. The molecule has 0 radical (unpaired) electrons. The van der Waals surface area contributed by atoms with E-state index in [4.69, 9.17) is 4.74 Å². The molecule has 1 aromatic heterocycles. The smallest absolute Gasteiger partial charge is 0.326 e. The molecular formula is C31H31N3O4. The van der Waals surface area contributed by atoms with E-state index in [1.54, 1.807) is 24.5 Å². The van der Waals surface area contributed by atoms with Gasteiger partial charge < -0.3 is 15.2 Å². The minimum atomic E-state index is -1.09. The second kappa shape index (κ2) is 11.7. The van der Waals surface area contributed by atoms with Gasteiger partial charge in [0.25, 0.3) is 5.91 Å². The molecule has 0 aliphatic heterocycles. The number of aromatic nitrogens is 2. The van der Waals surface area contributed by atoms with Gasteiger partial charge in [0.2, 0.25) is 0 Å². The van der Waals surface area contributed by atoms with Gasteiger partial charge in [0, 0.05) is 17.5 Å². The number of hydrogen-bond acceptors (Lipinski definition) is 5. The largest absolute Gasteiger partial charge is 0.486 e. The van der Waals surface area contributed by atoms with Crippen molar-refractivity contribution in [1.29, 1.82) is 0 Å². The van der Waals surface area contributed by atoms with Crippen molar-refractivity contribution in [2.75, 3.05) is 0 Å². The molecular weight excluding hydrogens is 478 g/mol. The zero-order valence-electron chi connectivity index (χ0n) is 21.7. The van der Waals surface area contributed by atoms with Gasteiger partial charge in [-0.3, -0.25) is 4.79 Å². The van der Waals surface area contributed by atoms with Crippen LogP contribution < -0.4 is 10.1 Å². The third-order valence-corrected chi connectivity index (χ3v) is 6.14. The third-order valence-electron chi connectivity index (χ3n) is 6.14. The van der Waals surface area contributed by atoms with Gasteiger partial charge in [0.1, 0.15) is 12.6 Å². The van der Waals surface area contributed by atoms with Crippen LogP contribution in [0.5, 0.6) is 5.75 Å². The molecule has 38 heavy (non-hydrogen) atoms. The van der Waals surface area contributed by atoms with Crippen molar-refractivity contribution < 1.29 is 19.4 Å². The normalized spacial score (nSPS) is 12.0. The molecule has 2 N–H and O–H groups in total. The van der Waals surface area contributed by atoms with E-state index in [-0.39, 0.29) is 11.8 Å². The van der Waals surface area contributed by atoms with Gasteiger partial charge in [-0.25, -0.2) is 14.8 Å². The van der Waals surface area contributed by atoms with Crippen LogP contribution in [0.2, 0.25) is 0 Å². The predicted octanol–water partition coefficient (Wildman–Crippen LogP) is 5.45. The van der Waals surface area contributed by atoms with E-state index in [0.29, 0.717) is 23.7 Å². The summed E-state index contributed by atoms with van der Waals surface area (Å²) in [5, 5.41) is 12.3. The summed E-state index contributed by atoms with van der Waals surface area (Å²) in [5.74, 6) is -0.409. The summed E-state index contributed by atoms with van der Waals surface area (Å²) in [5.41, 5.74) is 4.11. The van der Waals surface area contributed by atoms with Crippen LogP contribution in [0.3, 0.4) is 0 Å². The number of rotatable bonds is 9. The zero-order valence-corrected chi connectivity index (χ0v) is 21.7. The standard InChI is InChI=1S/C31H31N3O4/c1-31(2,3)25-15-13-24(14-16-25)29(35)34-27(30(36)37)17-21-9-11-23(12-10-21)28-32-18-26(19-33-28)38-20-22-7-5-4-6-8-22/h4-16,18-19,27H,17,20H2,1-3H3,(H,34,35)(H,36,37). The van der Waals surface area contributed by atoms with E-state index in [2.05, 4.69) is 36.1 Å². The molecule has 3 aromatic carbocycles.